The van der Waals surface area contributed by atoms with Gasteiger partial charge in [0.1, 0.15) is 12.6 Å². The normalized spacial score (nSPS) is 12.1. The van der Waals surface area contributed by atoms with Crippen LogP contribution in [0, 0.1) is 6.92 Å². The first-order valence-corrected chi connectivity index (χ1v) is 16.9. The van der Waals surface area contributed by atoms with Gasteiger partial charge in [0, 0.05) is 24.0 Å². The van der Waals surface area contributed by atoms with Crippen LogP contribution in [0.15, 0.2) is 102 Å². The van der Waals surface area contributed by atoms with E-state index >= 15 is 0 Å². The van der Waals surface area contributed by atoms with Crippen molar-refractivity contribution in [2.75, 3.05) is 10.8 Å². The van der Waals surface area contributed by atoms with Crippen molar-refractivity contribution >= 4 is 62.3 Å². The summed E-state index contributed by atoms with van der Waals surface area (Å²) in [4.78, 5) is 29.6. The zero-order chi connectivity index (χ0) is 32.7. The number of aryl methyl sites for hydroxylation is 1. The number of halogens is 3. The fraction of sp³-hybridized carbons (Fsp3) is 0.235. The van der Waals surface area contributed by atoms with Crippen molar-refractivity contribution in [1.82, 2.24) is 10.2 Å². The zero-order valence-electron chi connectivity index (χ0n) is 25.1. The Labute approximate surface area is 279 Å². The Balaban J connectivity index is 1.84. The minimum atomic E-state index is -4.32. The number of anilines is 1. The van der Waals surface area contributed by atoms with E-state index in [1.165, 1.54) is 29.2 Å². The zero-order valence-corrected chi connectivity index (χ0v) is 28.2. The molecule has 0 spiro atoms. The molecule has 0 aromatic heterocycles. The molecular weight excluding hydrogens is 653 g/mol. The second-order valence-corrected chi connectivity index (χ2v) is 14.0. The summed E-state index contributed by atoms with van der Waals surface area (Å²) < 4.78 is 29.3. The van der Waals surface area contributed by atoms with Crippen molar-refractivity contribution in [1.29, 1.82) is 0 Å². The van der Waals surface area contributed by atoms with E-state index in [1.807, 2.05) is 51.1 Å². The van der Waals surface area contributed by atoms with E-state index in [-0.39, 0.29) is 45.5 Å². The minimum Gasteiger partial charge on any atom is -0.352 e. The molecule has 1 N–H and O–H groups in total. The van der Waals surface area contributed by atoms with Crippen LogP contribution < -0.4 is 9.62 Å². The number of nitrogens with one attached hydrogen (secondary N) is 1. The summed E-state index contributed by atoms with van der Waals surface area (Å²) in [5.74, 6) is -1.00. The van der Waals surface area contributed by atoms with Gasteiger partial charge in [-0.2, -0.15) is 0 Å². The van der Waals surface area contributed by atoms with Crippen LogP contribution in [0.25, 0.3) is 0 Å². The number of nitrogens with zero attached hydrogens (tertiary/aromatic N) is 2. The molecule has 0 saturated carbocycles. The highest BCUT2D eigenvalue weighted by molar-refractivity contribution is 7.92. The first-order chi connectivity index (χ1) is 21.4. The van der Waals surface area contributed by atoms with Crippen LogP contribution in [-0.4, -0.2) is 43.8 Å². The van der Waals surface area contributed by atoms with Crippen LogP contribution in [-0.2, 0) is 32.6 Å². The molecule has 236 valence electrons. The van der Waals surface area contributed by atoms with E-state index in [4.69, 9.17) is 34.8 Å². The summed E-state index contributed by atoms with van der Waals surface area (Å²) in [5.41, 5.74) is 2.39. The molecule has 0 saturated heterocycles. The molecule has 0 unspecified atom stereocenters. The van der Waals surface area contributed by atoms with Gasteiger partial charge in [-0.3, -0.25) is 13.9 Å². The number of amides is 2. The van der Waals surface area contributed by atoms with Crippen molar-refractivity contribution in [2.45, 2.75) is 50.7 Å². The van der Waals surface area contributed by atoms with Gasteiger partial charge in [0.05, 0.1) is 20.6 Å². The number of benzene rings is 4. The number of rotatable bonds is 12. The molecule has 2 amide bonds. The lowest BCUT2D eigenvalue weighted by molar-refractivity contribution is -0.140. The van der Waals surface area contributed by atoms with Crippen LogP contribution >= 0.6 is 34.8 Å². The highest BCUT2D eigenvalue weighted by Crippen LogP contribution is 2.35. The quantitative estimate of drug-likeness (QED) is 0.169. The number of hydrogen-bond acceptors (Lipinski definition) is 4. The molecule has 7 nitrogen and oxygen atoms in total. The van der Waals surface area contributed by atoms with Gasteiger partial charge in [-0.15, -0.1) is 0 Å². The standard InChI is InChI=1S/C34H34Cl3N3O4S/c1-23(2)38-34(42)31(20-25-9-5-4-6-10-25)39(21-26-11-7-12-27(35)19-26)32(41)22-40(30-14-8-13-29(36)33(30)37)45(43,44)28-17-15-24(3)16-18-28/h4-19,23,31H,20-22H2,1-3H3,(H,38,42)/t31-/m1/s1. The van der Waals surface area contributed by atoms with Gasteiger partial charge >= 0.3 is 0 Å². The van der Waals surface area contributed by atoms with Crippen molar-refractivity contribution in [3.05, 3.63) is 129 Å². The second kappa shape index (κ2) is 15.1. The smallest absolute Gasteiger partial charge is 0.264 e. The van der Waals surface area contributed by atoms with Gasteiger partial charge in [0.2, 0.25) is 11.8 Å². The van der Waals surface area contributed by atoms with Crippen LogP contribution in [0.1, 0.15) is 30.5 Å². The lowest BCUT2D eigenvalue weighted by Crippen LogP contribution is -2.54. The Morgan fingerprint density at radius 3 is 2.11 bits per heavy atom. The Morgan fingerprint density at radius 2 is 1.47 bits per heavy atom. The number of hydrogen-bond donors (Lipinski definition) is 1. The summed E-state index contributed by atoms with van der Waals surface area (Å²) in [5, 5.41) is 3.49. The van der Waals surface area contributed by atoms with Crippen LogP contribution in [0.3, 0.4) is 0 Å². The van der Waals surface area contributed by atoms with Crippen molar-refractivity contribution in [3.63, 3.8) is 0 Å². The number of carbonyl (C=O) groups is 2. The highest BCUT2D eigenvalue weighted by atomic mass is 35.5. The predicted molar refractivity (Wildman–Crippen MR) is 181 cm³/mol. The molecule has 0 aliphatic carbocycles. The maximum Gasteiger partial charge on any atom is 0.264 e. The monoisotopic (exact) mass is 685 g/mol. The molecule has 1 atom stereocenters. The number of carbonyl (C=O) groups excluding carboxylic acids is 2. The Morgan fingerprint density at radius 1 is 0.822 bits per heavy atom. The van der Waals surface area contributed by atoms with Crippen molar-refractivity contribution in [2.24, 2.45) is 0 Å². The molecular formula is C34H34Cl3N3O4S. The van der Waals surface area contributed by atoms with E-state index in [2.05, 4.69) is 5.32 Å². The van der Waals surface area contributed by atoms with Crippen molar-refractivity contribution < 1.29 is 18.0 Å². The molecule has 45 heavy (non-hydrogen) atoms. The van der Waals surface area contributed by atoms with Crippen LogP contribution in [0.5, 0.6) is 0 Å². The molecule has 4 aromatic carbocycles. The van der Waals surface area contributed by atoms with Gasteiger partial charge < -0.3 is 10.2 Å². The average molecular weight is 687 g/mol. The molecule has 4 rings (SSSR count). The topological polar surface area (TPSA) is 86.8 Å². The maximum atomic E-state index is 14.5. The minimum absolute atomic E-state index is 0.00982. The summed E-state index contributed by atoms with van der Waals surface area (Å²) in [6.45, 7) is 4.84. The van der Waals surface area contributed by atoms with E-state index < -0.39 is 28.5 Å². The largest absolute Gasteiger partial charge is 0.352 e. The van der Waals surface area contributed by atoms with Crippen LogP contribution in [0.2, 0.25) is 15.1 Å². The second-order valence-electron chi connectivity index (χ2n) is 10.9. The third-order valence-electron chi connectivity index (χ3n) is 7.03. The SMILES string of the molecule is Cc1ccc(S(=O)(=O)N(CC(=O)N(Cc2cccc(Cl)c2)[C@H](Cc2ccccc2)C(=O)NC(C)C)c2cccc(Cl)c2Cl)cc1. The molecule has 0 bridgehead atoms. The van der Waals surface area contributed by atoms with Gasteiger partial charge in [0.25, 0.3) is 10.0 Å². The Kier molecular flexibility index (Phi) is 11.6. The molecule has 0 aliphatic rings. The Hall–Kier alpha value is -3.56. The maximum absolute atomic E-state index is 14.5. The van der Waals surface area contributed by atoms with Gasteiger partial charge in [-0.1, -0.05) is 101 Å². The summed E-state index contributed by atoms with van der Waals surface area (Å²) in [6.07, 6.45) is 0.189. The highest BCUT2D eigenvalue weighted by Gasteiger charge is 2.35. The molecule has 0 fully saturated rings. The van der Waals surface area contributed by atoms with Crippen molar-refractivity contribution in [3.8, 4) is 0 Å². The van der Waals surface area contributed by atoms with E-state index in [1.54, 1.807) is 42.5 Å². The summed E-state index contributed by atoms with van der Waals surface area (Å²) in [7, 11) is -4.32. The van der Waals surface area contributed by atoms with Gasteiger partial charge in [-0.25, -0.2) is 8.42 Å². The predicted octanol–water partition coefficient (Wildman–Crippen LogP) is 7.32. The summed E-state index contributed by atoms with van der Waals surface area (Å²) >= 11 is 19.2. The fourth-order valence-electron chi connectivity index (χ4n) is 4.80. The van der Waals surface area contributed by atoms with Gasteiger partial charge in [-0.05, 0) is 68.3 Å². The molecule has 0 heterocycles. The fourth-order valence-corrected chi connectivity index (χ4v) is 6.89. The first kappa shape index (κ1) is 34.3. The first-order valence-electron chi connectivity index (χ1n) is 14.3. The van der Waals surface area contributed by atoms with Gasteiger partial charge in [0.15, 0.2) is 0 Å². The van der Waals surface area contributed by atoms with Crippen LogP contribution in [0.4, 0.5) is 5.69 Å². The summed E-state index contributed by atoms with van der Waals surface area (Å²) in [6, 6.07) is 25.9. The molecule has 4 aromatic rings. The third kappa shape index (κ3) is 8.79. The average Bonchev–Trinajstić information content (AvgIpc) is 2.99. The number of sulfonamides is 1. The molecule has 11 heteroatoms. The van der Waals surface area contributed by atoms with E-state index in [0.29, 0.717) is 10.6 Å². The van der Waals surface area contributed by atoms with E-state index in [0.717, 1.165) is 15.4 Å². The molecule has 0 radical (unpaired) electrons. The lowest BCUT2D eigenvalue weighted by Gasteiger charge is -2.34. The molecule has 0 aliphatic heterocycles. The Bertz CT molecular complexity index is 1750. The third-order valence-corrected chi connectivity index (χ3v) is 9.85. The van der Waals surface area contributed by atoms with E-state index in [9.17, 15) is 18.0 Å². The lowest BCUT2D eigenvalue weighted by atomic mass is 10.0.